The lowest BCUT2D eigenvalue weighted by Gasteiger charge is -2.28. The summed E-state index contributed by atoms with van der Waals surface area (Å²) in [5.41, 5.74) is 2.04. The van der Waals surface area contributed by atoms with Crippen LogP contribution in [0.3, 0.4) is 0 Å². The molecule has 3 rings (SSSR count). The maximum Gasteiger partial charge on any atom is 0.276 e. The number of aryl methyl sites for hydroxylation is 1. The number of carbonyl (C=O) groups excluding carboxylic acids is 2. The predicted octanol–water partition coefficient (Wildman–Crippen LogP) is 4.53. The van der Waals surface area contributed by atoms with E-state index in [9.17, 15) is 9.59 Å². The molecule has 0 fully saturated rings. The summed E-state index contributed by atoms with van der Waals surface area (Å²) in [5.74, 6) is -0.251. The molecular formula is C24H33ClN4O3. The molecule has 0 atom stereocenters. The molecule has 0 saturated carbocycles. The van der Waals surface area contributed by atoms with Crippen LogP contribution in [0, 0.1) is 0 Å². The van der Waals surface area contributed by atoms with E-state index in [0.29, 0.717) is 31.2 Å². The average Bonchev–Trinajstić information content (AvgIpc) is 3.18. The number of fused-ring (bicyclic) bond motifs is 1. The molecule has 7 nitrogen and oxygen atoms in total. The van der Waals surface area contributed by atoms with Gasteiger partial charge in [-0.15, -0.1) is 0 Å². The Balaban J connectivity index is 1.95. The first-order chi connectivity index (χ1) is 15.5. The summed E-state index contributed by atoms with van der Waals surface area (Å²) >= 11 is 6.34. The van der Waals surface area contributed by atoms with E-state index in [-0.39, 0.29) is 24.1 Å². The Morgan fingerprint density at radius 2 is 1.75 bits per heavy atom. The molecule has 1 aliphatic rings. The third kappa shape index (κ3) is 6.11. The highest BCUT2D eigenvalue weighted by Crippen LogP contribution is 2.26. The van der Waals surface area contributed by atoms with E-state index in [1.807, 2.05) is 36.1 Å². The highest BCUT2D eigenvalue weighted by molar-refractivity contribution is 6.33. The Hall–Kier alpha value is -2.38. The van der Waals surface area contributed by atoms with Crippen LogP contribution in [0.2, 0.25) is 5.02 Å². The fourth-order valence-corrected chi connectivity index (χ4v) is 4.31. The van der Waals surface area contributed by atoms with Gasteiger partial charge in [-0.1, -0.05) is 55.5 Å². The highest BCUT2D eigenvalue weighted by Gasteiger charge is 2.25. The van der Waals surface area contributed by atoms with Crippen molar-refractivity contribution in [3.8, 4) is 0 Å². The number of hydrogen-bond acceptors (Lipinski definition) is 4. The zero-order valence-corrected chi connectivity index (χ0v) is 19.8. The second kappa shape index (κ2) is 12.0. The van der Waals surface area contributed by atoms with Crippen molar-refractivity contribution in [2.45, 2.75) is 58.5 Å². The van der Waals surface area contributed by atoms with Crippen molar-refractivity contribution in [1.82, 2.24) is 14.7 Å². The van der Waals surface area contributed by atoms with Crippen LogP contribution in [0.5, 0.6) is 0 Å². The van der Waals surface area contributed by atoms with Gasteiger partial charge in [0.1, 0.15) is 6.61 Å². The summed E-state index contributed by atoms with van der Waals surface area (Å²) in [6, 6.07) is 7.80. The molecule has 2 aromatic rings. The topological polar surface area (TPSA) is 67.7 Å². The molecule has 0 aliphatic carbocycles. The molecule has 32 heavy (non-hydrogen) atoms. The summed E-state index contributed by atoms with van der Waals surface area (Å²) in [7, 11) is 1.53. The smallest absolute Gasteiger partial charge is 0.276 e. The third-order valence-corrected chi connectivity index (χ3v) is 6.08. The number of aromatic nitrogens is 2. The van der Waals surface area contributed by atoms with Crippen LogP contribution >= 0.6 is 11.6 Å². The summed E-state index contributed by atoms with van der Waals surface area (Å²) in [6.45, 7) is 4.28. The minimum Gasteiger partial charge on any atom is -0.375 e. The minimum absolute atomic E-state index is 0.0288. The molecule has 2 heterocycles. The van der Waals surface area contributed by atoms with Crippen LogP contribution in [-0.4, -0.2) is 53.3 Å². The molecule has 0 unspecified atom stereocenters. The summed E-state index contributed by atoms with van der Waals surface area (Å²) in [5, 5.41) is 4.75. The maximum absolute atomic E-state index is 13.4. The number of halogens is 1. The number of para-hydroxylation sites is 1. The third-order valence-electron chi connectivity index (χ3n) is 5.80. The van der Waals surface area contributed by atoms with Gasteiger partial charge >= 0.3 is 0 Å². The quantitative estimate of drug-likeness (QED) is 0.672. The van der Waals surface area contributed by atoms with Crippen molar-refractivity contribution >= 4 is 29.1 Å². The molecule has 1 aromatic carbocycles. The number of amides is 2. The normalized spacial score (nSPS) is 16.0. The van der Waals surface area contributed by atoms with Crippen LogP contribution in [0.15, 0.2) is 30.5 Å². The van der Waals surface area contributed by atoms with Gasteiger partial charge in [0.2, 0.25) is 0 Å². The molecule has 0 N–H and O–H groups in total. The first-order valence-corrected chi connectivity index (χ1v) is 11.8. The van der Waals surface area contributed by atoms with Crippen molar-refractivity contribution in [2.75, 3.05) is 31.7 Å². The van der Waals surface area contributed by atoms with Crippen LogP contribution in [0.25, 0.3) is 0 Å². The molecule has 2 amide bonds. The lowest BCUT2D eigenvalue weighted by molar-refractivity contribution is -0.122. The standard InChI is InChI=1S/C24H33ClN4O3/c1-3-28-17-20(25)23(26-28)24(31)27-14-10-6-4-5-7-11-15-29(22(30)18-32-2)21-13-9-8-12-19(21)16-27/h8-9,12-13,17H,3-7,10-11,14-16,18H2,1-2H3. The molecular weight excluding hydrogens is 428 g/mol. The van der Waals surface area contributed by atoms with Crippen LogP contribution in [0.4, 0.5) is 5.69 Å². The van der Waals surface area contributed by atoms with Gasteiger partial charge < -0.3 is 14.5 Å². The fraction of sp³-hybridized carbons (Fsp3) is 0.542. The molecule has 8 heteroatoms. The van der Waals surface area contributed by atoms with Crippen molar-refractivity contribution in [3.63, 3.8) is 0 Å². The van der Waals surface area contributed by atoms with Gasteiger partial charge in [-0.05, 0) is 31.4 Å². The SMILES string of the molecule is CCn1cc(Cl)c(C(=O)N2CCCCCCCCN(C(=O)COC)c3ccccc3C2)n1. The first-order valence-electron chi connectivity index (χ1n) is 11.4. The van der Waals surface area contributed by atoms with E-state index in [2.05, 4.69) is 5.10 Å². The number of anilines is 1. The highest BCUT2D eigenvalue weighted by atomic mass is 35.5. The zero-order chi connectivity index (χ0) is 22.9. The van der Waals surface area contributed by atoms with Crippen molar-refractivity contribution in [2.24, 2.45) is 0 Å². The van der Waals surface area contributed by atoms with Crippen molar-refractivity contribution < 1.29 is 14.3 Å². The van der Waals surface area contributed by atoms with Gasteiger partial charge in [-0.3, -0.25) is 14.3 Å². The van der Waals surface area contributed by atoms with Gasteiger partial charge in [0.05, 0.1) is 5.02 Å². The summed E-state index contributed by atoms with van der Waals surface area (Å²) in [4.78, 5) is 29.9. The van der Waals surface area contributed by atoms with Crippen LogP contribution < -0.4 is 4.90 Å². The Labute approximate surface area is 195 Å². The molecule has 0 saturated heterocycles. The number of nitrogens with zero attached hydrogens (tertiary/aromatic N) is 4. The Morgan fingerprint density at radius 1 is 1.06 bits per heavy atom. The van der Waals surface area contributed by atoms with E-state index < -0.39 is 0 Å². The lowest BCUT2D eigenvalue weighted by Crippen LogP contribution is -2.37. The molecule has 174 valence electrons. The maximum atomic E-state index is 13.4. The van der Waals surface area contributed by atoms with E-state index in [1.54, 1.807) is 15.8 Å². The summed E-state index contributed by atoms with van der Waals surface area (Å²) < 4.78 is 6.80. The Morgan fingerprint density at radius 3 is 2.44 bits per heavy atom. The number of ether oxygens (including phenoxy) is 1. The predicted molar refractivity (Wildman–Crippen MR) is 126 cm³/mol. The number of hydrogen-bond donors (Lipinski definition) is 0. The van der Waals surface area contributed by atoms with E-state index in [0.717, 1.165) is 49.8 Å². The fourth-order valence-electron chi connectivity index (χ4n) is 4.08. The van der Waals surface area contributed by atoms with E-state index in [1.165, 1.54) is 7.11 Å². The second-order valence-corrected chi connectivity index (χ2v) is 8.54. The second-order valence-electron chi connectivity index (χ2n) is 8.14. The molecule has 0 radical (unpaired) electrons. The van der Waals surface area contributed by atoms with Crippen LogP contribution in [0.1, 0.15) is 61.5 Å². The Bertz CT molecular complexity index is 914. The van der Waals surface area contributed by atoms with Crippen molar-refractivity contribution in [1.29, 1.82) is 0 Å². The lowest BCUT2D eigenvalue weighted by atomic mass is 10.1. The summed E-state index contributed by atoms with van der Waals surface area (Å²) in [6.07, 6.45) is 7.93. The van der Waals surface area contributed by atoms with Gasteiger partial charge in [0.25, 0.3) is 11.8 Å². The minimum atomic E-state index is -0.179. The van der Waals surface area contributed by atoms with Crippen molar-refractivity contribution in [3.05, 3.63) is 46.7 Å². The zero-order valence-electron chi connectivity index (χ0n) is 19.1. The molecule has 0 bridgehead atoms. The largest absolute Gasteiger partial charge is 0.375 e. The monoisotopic (exact) mass is 460 g/mol. The van der Waals surface area contributed by atoms with E-state index in [4.69, 9.17) is 16.3 Å². The number of rotatable bonds is 4. The number of carbonyl (C=O) groups is 2. The molecule has 0 spiro atoms. The van der Waals surface area contributed by atoms with E-state index >= 15 is 0 Å². The van der Waals surface area contributed by atoms with Gasteiger partial charge in [0, 0.05) is 45.2 Å². The average molecular weight is 461 g/mol. The van der Waals surface area contributed by atoms with Crippen LogP contribution in [-0.2, 0) is 22.6 Å². The van der Waals surface area contributed by atoms with Gasteiger partial charge in [-0.25, -0.2) is 0 Å². The molecule has 1 aromatic heterocycles. The van der Waals surface area contributed by atoms with Gasteiger partial charge in [0.15, 0.2) is 5.69 Å². The molecule has 1 aliphatic heterocycles. The number of methoxy groups -OCH3 is 1. The van der Waals surface area contributed by atoms with Gasteiger partial charge in [-0.2, -0.15) is 5.10 Å². The Kier molecular flexibility index (Phi) is 9.11. The number of benzene rings is 1. The first kappa shape index (κ1) is 24.3.